The van der Waals surface area contributed by atoms with E-state index in [4.69, 9.17) is 9.47 Å². The van der Waals surface area contributed by atoms with Gasteiger partial charge in [0, 0.05) is 35.2 Å². The minimum atomic E-state index is -3.32. The van der Waals surface area contributed by atoms with Crippen LogP contribution in [0, 0.1) is 0 Å². The number of ketones is 1. The Labute approximate surface area is 303 Å². The predicted molar refractivity (Wildman–Crippen MR) is 207 cm³/mol. The van der Waals surface area contributed by atoms with Gasteiger partial charge in [-0.3, -0.25) is 4.79 Å². The first-order valence-electron chi connectivity index (χ1n) is 16.6. The molecule has 1 aliphatic rings. The van der Waals surface area contributed by atoms with Crippen molar-refractivity contribution >= 4 is 21.7 Å². The van der Waals surface area contributed by atoms with Crippen molar-refractivity contribution in [2.45, 2.75) is 43.1 Å². The Hall–Kier alpha value is -5.24. The molecule has 0 spiro atoms. The van der Waals surface area contributed by atoms with E-state index in [0.717, 1.165) is 23.3 Å². The first kappa shape index (κ1) is 37.0. The van der Waals surface area contributed by atoms with Gasteiger partial charge in [-0.1, -0.05) is 118 Å². The highest BCUT2D eigenvalue weighted by atomic mass is 32.2. The van der Waals surface area contributed by atoms with Gasteiger partial charge in [-0.25, -0.2) is 8.42 Å². The largest absolute Gasteiger partial charge is 0.497 e. The molecular weight excluding hydrogens is 657 g/mol. The highest BCUT2D eigenvalue weighted by molar-refractivity contribution is 7.90. The Morgan fingerprint density at radius 2 is 1.10 bits per heavy atom. The van der Waals surface area contributed by atoms with Crippen LogP contribution in [-0.2, 0) is 27.3 Å². The van der Waals surface area contributed by atoms with Gasteiger partial charge in [0.25, 0.3) is 0 Å². The van der Waals surface area contributed by atoms with Crippen LogP contribution in [0.4, 0.5) is 0 Å². The van der Waals surface area contributed by atoms with E-state index in [0.29, 0.717) is 16.7 Å². The molecule has 0 saturated heterocycles. The Kier molecular flexibility index (Phi) is 10.8. The van der Waals surface area contributed by atoms with Gasteiger partial charge in [-0.2, -0.15) is 0 Å². The first-order valence-corrected chi connectivity index (χ1v) is 18.5. The number of benzene rings is 5. The third-order valence-corrected chi connectivity index (χ3v) is 11.0. The van der Waals surface area contributed by atoms with E-state index >= 15 is 0 Å². The Morgan fingerprint density at radius 1 is 0.667 bits per heavy atom. The number of Topliss-reactive ketones (excluding diaryl/α,β-unsaturated/α-hetero) is 1. The van der Waals surface area contributed by atoms with Crippen LogP contribution in [0.5, 0.6) is 11.5 Å². The topological polar surface area (TPSA) is 89.9 Å². The molecule has 6 rings (SSSR count). The lowest BCUT2D eigenvalue weighted by Gasteiger charge is -2.33. The molecule has 0 fully saturated rings. The van der Waals surface area contributed by atoms with Crippen molar-refractivity contribution in [3.63, 3.8) is 0 Å². The second kappa shape index (κ2) is 14.9. The zero-order chi connectivity index (χ0) is 37.0. The Morgan fingerprint density at radius 3 is 1.53 bits per heavy atom. The summed E-state index contributed by atoms with van der Waals surface area (Å²) in [5.74, 6) is 1.47. The van der Waals surface area contributed by atoms with Crippen LogP contribution in [-0.4, -0.2) is 39.8 Å². The van der Waals surface area contributed by atoms with Crippen LogP contribution in [0.2, 0.25) is 0 Å². The molecule has 0 heterocycles. The smallest absolute Gasteiger partial charge is 0.193 e. The molecule has 0 atom stereocenters. The number of hydrogen-bond acceptors (Lipinski definition) is 6. The van der Waals surface area contributed by atoms with Crippen molar-refractivity contribution in [2.75, 3.05) is 20.5 Å². The van der Waals surface area contributed by atoms with Crippen molar-refractivity contribution in [3.8, 4) is 11.5 Å². The number of rotatable bonds is 9. The van der Waals surface area contributed by atoms with E-state index in [9.17, 15) is 18.3 Å². The van der Waals surface area contributed by atoms with Gasteiger partial charge in [-0.05, 0) is 70.6 Å². The van der Waals surface area contributed by atoms with Crippen LogP contribution in [0.25, 0.3) is 6.08 Å². The average molecular weight is 703 g/mol. The van der Waals surface area contributed by atoms with Gasteiger partial charge in [0.05, 0.1) is 25.7 Å². The molecule has 0 unspecified atom stereocenters. The first-order chi connectivity index (χ1) is 24.2. The normalized spacial score (nSPS) is 12.8. The summed E-state index contributed by atoms with van der Waals surface area (Å²) in [5, 5.41) is 9.39. The van der Waals surface area contributed by atoms with Crippen LogP contribution in [0.3, 0.4) is 0 Å². The number of allylic oxidation sites excluding steroid dienone is 2. The Balaban J connectivity index is 0.000000298. The summed E-state index contributed by atoms with van der Waals surface area (Å²) in [6.45, 7) is 10.4. The van der Waals surface area contributed by atoms with E-state index in [-0.39, 0.29) is 29.5 Å². The molecular formula is C44H46O6S. The fourth-order valence-corrected chi connectivity index (χ4v) is 7.34. The summed E-state index contributed by atoms with van der Waals surface area (Å²) in [5.41, 5.74) is 7.69. The fraction of sp³-hybridized carbons (Fsp3) is 0.205. The summed E-state index contributed by atoms with van der Waals surface area (Å²) in [6, 6.07) is 38.5. The second-order valence-electron chi connectivity index (χ2n) is 13.3. The predicted octanol–water partition coefficient (Wildman–Crippen LogP) is 8.98. The number of fused-ring (bicyclic) bond motifs is 1. The van der Waals surface area contributed by atoms with Gasteiger partial charge < -0.3 is 14.6 Å². The third kappa shape index (κ3) is 7.60. The number of aliphatic hydroxyl groups is 1. The minimum absolute atomic E-state index is 0. The number of carbonyl (C=O) groups is 1. The van der Waals surface area contributed by atoms with Gasteiger partial charge in [0.2, 0.25) is 0 Å². The van der Waals surface area contributed by atoms with Crippen LogP contribution in [0.15, 0.2) is 138 Å². The third-order valence-electron chi connectivity index (χ3n) is 9.83. The second-order valence-corrected chi connectivity index (χ2v) is 15.3. The zero-order valence-corrected chi connectivity index (χ0v) is 30.8. The maximum absolute atomic E-state index is 11.8. The van der Waals surface area contributed by atoms with Crippen LogP contribution >= 0.6 is 0 Å². The molecule has 7 heteroatoms. The van der Waals surface area contributed by atoms with E-state index < -0.39 is 9.84 Å². The van der Waals surface area contributed by atoms with E-state index in [1.54, 1.807) is 38.5 Å². The molecule has 0 aromatic heterocycles. The molecule has 5 aromatic carbocycles. The maximum Gasteiger partial charge on any atom is 0.193 e. The summed E-state index contributed by atoms with van der Waals surface area (Å²) in [6.07, 6.45) is 4.29. The average Bonchev–Trinajstić information content (AvgIpc) is 3.15. The number of ether oxygens (including phenoxy) is 2. The SMILES string of the molecule is C=C1C=Cc2c(cccc2S(C)(=O)=O)C1=O.COc1ccc(C(C)(c2ccc(OC)cc2)c2ccc(C(C)(C)c3ccc(CO)cc3)cc2)cc1.[HH]. The fourth-order valence-electron chi connectivity index (χ4n) is 6.43. The monoisotopic (exact) mass is 702 g/mol. The number of carbonyl (C=O) groups excluding carboxylic acids is 1. The molecule has 0 radical (unpaired) electrons. The molecule has 0 aliphatic heterocycles. The lowest BCUT2D eigenvalue weighted by atomic mass is 9.70. The Bertz CT molecular complexity index is 2120. The standard InChI is InChI=1S/C32H34O3.C12H10O3S.H2/c1-31(2,24-8-6-23(22-33)7-9-24)25-10-12-26(13-11-25)32(3,27-14-18-29(34-4)19-15-27)28-16-20-30(35-5)21-17-28;1-8-6-7-9-10(12(8)13)4-3-5-11(9)16(2,14)15;/h6-21,33H,22H2,1-5H3;3-7H,1H2,2H3;1H. The number of methoxy groups -OCH3 is 2. The number of hydrogen-bond donors (Lipinski definition) is 1. The molecule has 6 nitrogen and oxygen atoms in total. The molecule has 0 bridgehead atoms. The summed E-state index contributed by atoms with van der Waals surface area (Å²) >= 11 is 0. The van der Waals surface area contributed by atoms with Crippen LogP contribution in [0.1, 0.15) is 71.5 Å². The quantitative estimate of drug-likeness (QED) is 0.122. The summed E-state index contributed by atoms with van der Waals surface area (Å²) in [4.78, 5) is 11.9. The van der Waals surface area contributed by atoms with Gasteiger partial charge in [0.15, 0.2) is 15.6 Å². The molecule has 0 amide bonds. The van der Waals surface area contributed by atoms with E-state index in [1.165, 1.54) is 33.9 Å². The summed E-state index contributed by atoms with van der Waals surface area (Å²) in [7, 11) is 0.0616. The molecule has 5 aromatic rings. The number of sulfone groups is 1. The number of aliphatic hydroxyl groups excluding tert-OH is 1. The maximum atomic E-state index is 11.8. The van der Waals surface area contributed by atoms with Crippen molar-refractivity contribution in [1.29, 1.82) is 0 Å². The van der Waals surface area contributed by atoms with Gasteiger partial charge in [-0.15, -0.1) is 0 Å². The lowest BCUT2D eigenvalue weighted by Crippen LogP contribution is -2.26. The van der Waals surface area contributed by atoms with E-state index in [1.807, 2.05) is 36.4 Å². The lowest BCUT2D eigenvalue weighted by molar-refractivity contribution is 0.103. The van der Waals surface area contributed by atoms with Crippen molar-refractivity contribution in [1.82, 2.24) is 0 Å². The van der Waals surface area contributed by atoms with E-state index in [2.05, 4.69) is 88.0 Å². The van der Waals surface area contributed by atoms with Crippen molar-refractivity contribution in [3.05, 3.63) is 178 Å². The van der Waals surface area contributed by atoms with Crippen molar-refractivity contribution < 1.29 is 29.2 Å². The molecule has 51 heavy (non-hydrogen) atoms. The van der Waals surface area contributed by atoms with Gasteiger partial charge >= 0.3 is 0 Å². The zero-order valence-electron chi connectivity index (χ0n) is 29.9. The molecule has 0 saturated carbocycles. The van der Waals surface area contributed by atoms with Crippen molar-refractivity contribution in [2.24, 2.45) is 0 Å². The molecule has 1 N–H and O–H groups in total. The molecule has 264 valence electrons. The van der Waals surface area contributed by atoms with Crippen LogP contribution < -0.4 is 9.47 Å². The summed E-state index contributed by atoms with van der Waals surface area (Å²) < 4.78 is 33.9. The minimum Gasteiger partial charge on any atom is -0.497 e. The highest BCUT2D eigenvalue weighted by Gasteiger charge is 2.32. The highest BCUT2D eigenvalue weighted by Crippen LogP contribution is 2.41. The molecule has 1 aliphatic carbocycles. The van der Waals surface area contributed by atoms with Gasteiger partial charge in [0.1, 0.15) is 11.5 Å².